The van der Waals surface area contributed by atoms with Gasteiger partial charge in [0.1, 0.15) is 0 Å². The fourth-order valence-corrected chi connectivity index (χ4v) is 0.499. The number of hydrogen-bond acceptors (Lipinski definition) is 2. The fraction of sp³-hybridized carbons (Fsp3) is 0.750. The van der Waals surface area contributed by atoms with E-state index in [1.165, 1.54) is 0 Å². The summed E-state index contributed by atoms with van der Waals surface area (Å²) in [4.78, 5) is 9.89. The van der Waals surface area contributed by atoms with E-state index < -0.39 is 5.97 Å². The number of halogens is 1. The van der Waals surface area contributed by atoms with Crippen molar-refractivity contribution in [3.63, 3.8) is 0 Å². The van der Waals surface area contributed by atoms with E-state index in [-0.39, 0.29) is 24.4 Å². The summed E-state index contributed by atoms with van der Waals surface area (Å²) in [5.41, 5.74) is 5.19. The second-order valence-corrected chi connectivity index (χ2v) is 1.84. The molecule has 1 fully saturated rings. The lowest BCUT2D eigenvalue weighted by atomic mass is 10.4. The molecule has 3 N–H and O–H groups in total. The zero-order chi connectivity index (χ0) is 5.44. The highest BCUT2D eigenvalue weighted by molar-refractivity contribution is 5.85. The van der Waals surface area contributed by atoms with Gasteiger partial charge >= 0.3 is 5.97 Å². The third-order valence-corrected chi connectivity index (χ3v) is 1.16. The van der Waals surface area contributed by atoms with Crippen molar-refractivity contribution in [2.45, 2.75) is 12.5 Å². The lowest BCUT2D eigenvalue weighted by Gasteiger charge is -1.80. The van der Waals surface area contributed by atoms with Crippen LogP contribution in [0.1, 0.15) is 6.42 Å². The van der Waals surface area contributed by atoms with Crippen molar-refractivity contribution >= 4 is 18.4 Å². The Bertz CT molecular complexity index is 106. The molecule has 0 saturated heterocycles. The van der Waals surface area contributed by atoms with Crippen LogP contribution in [0.4, 0.5) is 0 Å². The second-order valence-electron chi connectivity index (χ2n) is 1.84. The molecule has 8 heavy (non-hydrogen) atoms. The van der Waals surface area contributed by atoms with Crippen molar-refractivity contribution in [1.82, 2.24) is 0 Å². The quantitative estimate of drug-likeness (QED) is 0.528. The molecule has 0 amide bonds. The van der Waals surface area contributed by atoms with Gasteiger partial charge in [0.15, 0.2) is 0 Å². The highest BCUT2D eigenvalue weighted by atomic mass is 35.5. The Morgan fingerprint density at radius 1 is 1.75 bits per heavy atom. The fourth-order valence-electron chi connectivity index (χ4n) is 0.499. The largest absolute Gasteiger partial charge is 0.481 e. The summed E-state index contributed by atoms with van der Waals surface area (Å²) in [6.45, 7) is 0. The van der Waals surface area contributed by atoms with Crippen LogP contribution < -0.4 is 5.73 Å². The molecule has 3 nitrogen and oxygen atoms in total. The van der Waals surface area contributed by atoms with Gasteiger partial charge < -0.3 is 10.8 Å². The summed E-state index contributed by atoms with van der Waals surface area (Å²) >= 11 is 0. The average molecular weight is 138 g/mol. The topological polar surface area (TPSA) is 63.3 Å². The molecule has 1 rings (SSSR count). The molecule has 0 radical (unpaired) electrons. The van der Waals surface area contributed by atoms with Crippen LogP contribution in [0, 0.1) is 5.92 Å². The number of hydrogen-bond donors (Lipinski definition) is 2. The van der Waals surface area contributed by atoms with E-state index in [9.17, 15) is 4.79 Å². The van der Waals surface area contributed by atoms with Gasteiger partial charge in [-0.15, -0.1) is 12.4 Å². The van der Waals surface area contributed by atoms with Crippen molar-refractivity contribution in [3.8, 4) is 0 Å². The smallest absolute Gasteiger partial charge is 0.308 e. The first-order chi connectivity index (χ1) is 3.22. The average Bonchev–Trinajstić information content (AvgIpc) is 2.17. The normalized spacial score (nSPS) is 33.1. The van der Waals surface area contributed by atoms with Gasteiger partial charge in [0.25, 0.3) is 0 Å². The molecule has 1 saturated carbocycles. The van der Waals surface area contributed by atoms with Gasteiger partial charge in [-0.2, -0.15) is 0 Å². The molecule has 2 atom stereocenters. The monoisotopic (exact) mass is 137 g/mol. The van der Waals surface area contributed by atoms with Gasteiger partial charge in [0.2, 0.25) is 0 Å². The summed E-state index contributed by atoms with van der Waals surface area (Å²) in [7, 11) is 0. The number of aliphatic carboxylic acids is 1. The van der Waals surface area contributed by atoms with E-state index in [1.54, 1.807) is 0 Å². The molecule has 2 unspecified atom stereocenters. The van der Waals surface area contributed by atoms with Crippen LogP contribution in [-0.2, 0) is 4.79 Å². The van der Waals surface area contributed by atoms with Gasteiger partial charge in [-0.3, -0.25) is 4.79 Å². The lowest BCUT2D eigenvalue weighted by Crippen LogP contribution is -2.08. The Morgan fingerprint density at radius 3 is 2.12 bits per heavy atom. The summed E-state index contributed by atoms with van der Waals surface area (Å²) < 4.78 is 0. The molecule has 0 aromatic heterocycles. The van der Waals surface area contributed by atoms with Gasteiger partial charge in [0, 0.05) is 6.04 Å². The standard InChI is InChI=1S/C4H7NO2.ClH/c5-3-1-2(3)4(6)7;/h2-3H,1,5H2,(H,6,7);1H. The van der Waals surface area contributed by atoms with Crippen molar-refractivity contribution in [2.75, 3.05) is 0 Å². The molecule has 0 aromatic rings. The zero-order valence-corrected chi connectivity index (χ0v) is 5.02. The maximum atomic E-state index is 9.89. The summed E-state index contributed by atoms with van der Waals surface area (Å²) in [6, 6.07) is -0.0579. The molecule has 1 aliphatic rings. The van der Waals surface area contributed by atoms with E-state index in [2.05, 4.69) is 0 Å². The molecule has 0 spiro atoms. The minimum absolute atomic E-state index is 0. The molecule has 1 aliphatic carbocycles. The Morgan fingerprint density at radius 2 is 2.12 bits per heavy atom. The molecule has 0 aliphatic heterocycles. The van der Waals surface area contributed by atoms with E-state index >= 15 is 0 Å². The van der Waals surface area contributed by atoms with Crippen molar-refractivity contribution in [2.24, 2.45) is 11.7 Å². The number of carboxylic acids is 1. The Hall–Kier alpha value is -0.280. The van der Waals surface area contributed by atoms with Crippen LogP contribution in [0.3, 0.4) is 0 Å². The first-order valence-corrected chi connectivity index (χ1v) is 2.20. The SMILES string of the molecule is Cl.NC1CC1C(=O)O. The first kappa shape index (κ1) is 7.72. The van der Waals surface area contributed by atoms with Crippen molar-refractivity contribution in [1.29, 1.82) is 0 Å². The van der Waals surface area contributed by atoms with E-state index in [4.69, 9.17) is 10.8 Å². The molecule has 0 heterocycles. The number of rotatable bonds is 1. The van der Waals surface area contributed by atoms with Crippen molar-refractivity contribution in [3.05, 3.63) is 0 Å². The van der Waals surface area contributed by atoms with Gasteiger partial charge in [-0.05, 0) is 6.42 Å². The first-order valence-electron chi connectivity index (χ1n) is 2.20. The molecular weight excluding hydrogens is 130 g/mol. The summed E-state index contributed by atoms with van der Waals surface area (Å²) in [5, 5.41) is 8.14. The molecule has 48 valence electrons. The summed E-state index contributed by atoms with van der Waals surface area (Å²) in [6.07, 6.45) is 0.662. The Balaban J connectivity index is 0.000000490. The minimum atomic E-state index is -0.757. The van der Waals surface area contributed by atoms with Crippen LogP contribution in [0.2, 0.25) is 0 Å². The van der Waals surface area contributed by atoms with Crippen LogP contribution >= 0.6 is 12.4 Å². The highest BCUT2D eigenvalue weighted by Crippen LogP contribution is 2.27. The predicted molar refractivity (Wildman–Crippen MR) is 31.0 cm³/mol. The summed E-state index contributed by atoms with van der Waals surface area (Å²) in [5.74, 6) is -0.993. The molecule has 4 heteroatoms. The van der Waals surface area contributed by atoms with Crippen molar-refractivity contribution < 1.29 is 9.90 Å². The molecular formula is C4H8ClNO2. The highest BCUT2D eigenvalue weighted by Gasteiger charge is 2.39. The second kappa shape index (κ2) is 2.33. The van der Waals surface area contributed by atoms with Gasteiger partial charge in [-0.1, -0.05) is 0 Å². The Kier molecular flexibility index (Phi) is 2.25. The van der Waals surface area contributed by atoms with Crippen LogP contribution in [0.15, 0.2) is 0 Å². The zero-order valence-electron chi connectivity index (χ0n) is 4.20. The number of carbonyl (C=O) groups is 1. The van der Waals surface area contributed by atoms with Crippen LogP contribution in [0.25, 0.3) is 0 Å². The molecule has 0 bridgehead atoms. The predicted octanol–water partition coefficient (Wildman–Crippen LogP) is -0.160. The third kappa shape index (κ3) is 1.35. The maximum Gasteiger partial charge on any atom is 0.308 e. The van der Waals surface area contributed by atoms with Crippen LogP contribution in [-0.4, -0.2) is 17.1 Å². The Labute approximate surface area is 53.3 Å². The van der Waals surface area contributed by atoms with E-state index in [0.29, 0.717) is 6.42 Å². The minimum Gasteiger partial charge on any atom is -0.481 e. The maximum absolute atomic E-state index is 9.89. The van der Waals surface area contributed by atoms with Gasteiger partial charge in [-0.25, -0.2) is 0 Å². The van der Waals surface area contributed by atoms with Gasteiger partial charge in [0.05, 0.1) is 5.92 Å². The third-order valence-electron chi connectivity index (χ3n) is 1.16. The van der Waals surface area contributed by atoms with Crippen LogP contribution in [0.5, 0.6) is 0 Å². The molecule has 0 aromatic carbocycles. The van der Waals surface area contributed by atoms with E-state index in [0.717, 1.165) is 0 Å². The van der Waals surface area contributed by atoms with E-state index in [1.807, 2.05) is 0 Å². The number of carboxylic acid groups (broad SMARTS) is 1. The lowest BCUT2D eigenvalue weighted by molar-refractivity contribution is -0.138. The number of nitrogens with two attached hydrogens (primary N) is 1.